The number of Topliss-reactive ketones (excluding diaryl/α,β-unsaturated/α-hetero) is 1. The Hall–Kier alpha value is -0.0600. The fourth-order valence-corrected chi connectivity index (χ4v) is 5.26. The van der Waals surface area contributed by atoms with E-state index < -0.39 is 10.1 Å². The Labute approximate surface area is 178 Å². The first-order valence-corrected chi connectivity index (χ1v) is 11.8. The molecule has 1 aliphatic heterocycles. The van der Waals surface area contributed by atoms with Gasteiger partial charge in [-0.1, -0.05) is 34.8 Å². The van der Waals surface area contributed by atoms with Gasteiger partial charge in [0.15, 0.2) is 5.78 Å². The van der Waals surface area contributed by atoms with Crippen LogP contribution in [0.25, 0.3) is 0 Å². The molecule has 1 atom stereocenters. The van der Waals surface area contributed by atoms with Crippen LogP contribution in [-0.4, -0.2) is 68.0 Å². The number of ether oxygens (including phenoxy) is 1. The number of likely N-dealkylation sites (N-methyl/N-ethyl adjacent to an activating group) is 1. The van der Waals surface area contributed by atoms with Crippen molar-refractivity contribution in [2.75, 3.05) is 39.1 Å². The van der Waals surface area contributed by atoms with Crippen LogP contribution in [0.3, 0.4) is 0 Å². The zero-order chi connectivity index (χ0) is 20.2. The van der Waals surface area contributed by atoms with E-state index in [9.17, 15) is 13.2 Å². The molecule has 1 N–H and O–H groups in total. The molecule has 0 spiro atoms. The second-order valence-corrected chi connectivity index (χ2v) is 10.3. The maximum Gasteiger partial charge on any atom is 0.264 e. The first-order valence-electron chi connectivity index (χ1n) is 8.17. The molecule has 0 aliphatic carbocycles. The number of hydrogen-bond acceptors (Lipinski definition) is 6. The van der Waals surface area contributed by atoms with Crippen LogP contribution >= 0.6 is 46.6 Å². The number of halogens is 3. The first kappa shape index (κ1) is 23.2. The largest absolute Gasteiger partial charge is 0.379 e. The highest BCUT2D eigenvalue weighted by Crippen LogP contribution is 2.45. The van der Waals surface area contributed by atoms with Crippen molar-refractivity contribution in [3.63, 3.8) is 0 Å². The van der Waals surface area contributed by atoms with E-state index in [4.69, 9.17) is 44.1 Å². The zero-order valence-corrected chi connectivity index (χ0v) is 18.5. The predicted molar refractivity (Wildman–Crippen MR) is 109 cm³/mol. The molecule has 27 heavy (non-hydrogen) atoms. The third-order valence-corrected chi connectivity index (χ3v) is 7.26. The summed E-state index contributed by atoms with van der Waals surface area (Å²) < 4.78 is 35.7. The quantitative estimate of drug-likeness (QED) is 0.328. The molecule has 0 aromatic heterocycles. The fraction of sp³-hybridized carbons (Fsp3) is 0.562. The summed E-state index contributed by atoms with van der Waals surface area (Å²) in [5.74, 6) is -0.361. The predicted octanol–water partition coefficient (Wildman–Crippen LogP) is 3.92. The average Bonchev–Trinajstić information content (AvgIpc) is 2.55. The van der Waals surface area contributed by atoms with Gasteiger partial charge in [0.05, 0.1) is 39.6 Å². The Morgan fingerprint density at radius 3 is 2.67 bits per heavy atom. The second kappa shape index (κ2) is 10.1. The number of nitrogens with zero attached hydrogens (tertiary/aromatic N) is 1. The number of hydrogen-bond donors (Lipinski definition) is 1. The summed E-state index contributed by atoms with van der Waals surface area (Å²) in [6.07, 6.45) is 0.638. The van der Waals surface area contributed by atoms with Crippen molar-refractivity contribution >= 4 is 62.5 Å². The molecule has 0 saturated carbocycles. The van der Waals surface area contributed by atoms with Gasteiger partial charge < -0.3 is 9.64 Å². The maximum absolute atomic E-state index is 12.4. The SMILES string of the molecule is CN(CCCS(=O)(=O)O)CCOCC1CC(=O)c2c(Cl)c(Cl)cc(Cl)c2S1. The van der Waals surface area contributed by atoms with Crippen LogP contribution in [0.1, 0.15) is 23.2 Å². The minimum atomic E-state index is -3.92. The highest BCUT2D eigenvalue weighted by atomic mass is 35.5. The molecule has 0 saturated heterocycles. The van der Waals surface area contributed by atoms with Crippen LogP contribution in [0.4, 0.5) is 0 Å². The molecule has 0 fully saturated rings. The standard InChI is InChI=1S/C16H20Cl3NO5S2/c1-20(3-2-6-27(22,23)24)4-5-25-9-10-7-13(21)14-15(19)11(17)8-12(18)16(14)26-10/h8,10H,2-7,9H2,1H3,(H,22,23,24). The molecule has 6 nitrogen and oxygen atoms in total. The normalized spacial score (nSPS) is 17.4. The lowest BCUT2D eigenvalue weighted by Crippen LogP contribution is -2.28. The Morgan fingerprint density at radius 1 is 1.30 bits per heavy atom. The summed E-state index contributed by atoms with van der Waals surface area (Å²) in [5.41, 5.74) is 0.383. The maximum atomic E-state index is 12.4. The monoisotopic (exact) mass is 475 g/mol. The van der Waals surface area contributed by atoms with E-state index in [0.29, 0.717) is 48.2 Å². The van der Waals surface area contributed by atoms with Gasteiger partial charge in [-0.2, -0.15) is 8.42 Å². The number of fused-ring (bicyclic) bond motifs is 1. The van der Waals surface area contributed by atoms with Crippen LogP contribution in [0.5, 0.6) is 0 Å². The third-order valence-electron chi connectivity index (χ3n) is 3.97. The van der Waals surface area contributed by atoms with E-state index >= 15 is 0 Å². The topological polar surface area (TPSA) is 83.9 Å². The molecule has 1 aliphatic rings. The second-order valence-electron chi connectivity index (χ2n) is 6.24. The van der Waals surface area contributed by atoms with Crippen molar-refractivity contribution in [3.05, 3.63) is 26.7 Å². The number of carbonyl (C=O) groups excluding carboxylic acids is 1. The van der Waals surface area contributed by atoms with E-state index in [1.54, 1.807) is 0 Å². The third kappa shape index (κ3) is 7.04. The Bertz CT molecular complexity index is 804. The van der Waals surface area contributed by atoms with E-state index in [2.05, 4.69) is 0 Å². The lowest BCUT2D eigenvalue weighted by atomic mass is 10.1. The summed E-state index contributed by atoms with van der Waals surface area (Å²) in [5, 5.41) is 0.839. The van der Waals surface area contributed by atoms with Gasteiger partial charge in [-0.15, -0.1) is 11.8 Å². The molecule has 11 heteroatoms. The van der Waals surface area contributed by atoms with Gasteiger partial charge in [0.2, 0.25) is 0 Å². The van der Waals surface area contributed by atoms with Gasteiger partial charge in [0, 0.05) is 23.1 Å². The summed E-state index contributed by atoms with van der Waals surface area (Å²) in [6, 6.07) is 1.54. The molecule has 1 unspecified atom stereocenters. The average molecular weight is 477 g/mol. The smallest absolute Gasteiger partial charge is 0.264 e. The molecule has 0 amide bonds. The van der Waals surface area contributed by atoms with Gasteiger partial charge in [-0.25, -0.2) is 0 Å². The van der Waals surface area contributed by atoms with Crippen molar-refractivity contribution < 1.29 is 22.5 Å². The summed E-state index contributed by atoms with van der Waals surface area (Å²) in [4.78, 5) is 15.0. The fourth-order valence-electron chi connectivity index (χ4n) is 2.62. The minimum Gasteiger partial charge on any atom is -0.379 e. The number of thioether (sulfide) groups is 1. The van der Waals surface area contributed by atoms with Gasteiger partial charge >= 0.3 is 0 Å². The number of benzene rings is 1. The first-order chi connectivity index (χ1) is 12.6. The molecule has 1 aromatic rings. The van der Waals surface area contributed by atoms with Crippen LogP contribution in [-0.2, 0) is 14.9 Å². The molecule has 2 rings (SSSR count). The van der Waals surface area contributed by atoms with Crippen molar-refractivity contribution in [2.24, 2.45) is 0 Å². The van der Waals surface area contributed by atoms with Gasteiger partial charge in [-0.3, -0.25) is 9.35 Å². The lowest BCUT2D eigenvalue weighted by Gasteiger charge is -2.25. The van der Waals surface area contributed by atoms with Crippen LogP contribution in [0, 0.1) is 0 Å². The molecular formula is C16H20Cl3NO5S2. The summed E-state index contributed by atoms with van der Waals surface area (Å²) in [7, 11) is -2.08. The van der Waals surface area contributed by atoms with Gasteiger partial charge in [0.25, 0.3) is 10.1 Å². The number of ketones is 1. The Morgan fingerprint density at radius 2 is 2.00 bits per heavy atom. The van der Waals surface area contributed by atoms with Crippen LogP contribution in [0.15, 0.2) is 11.0 Å². The molecule has 1 heterocycles. The summed E-state index contributed by atoms with van der Waals surface area (Å²) in [6.45, 7) is 1.96. The highest BCUT2D eigenvalue weighted by molar-refractivity contribution is 8.00. The lowest BCUT2D eigenvalue weighted by molar-refractivity contribution is 0.0911. The van der Waals surface area contributed by atoms with E-state index in [1.807, 2.05) is 11.9 Å². The van der Waals surface area contributed by atoms with E-state index in [0.717, 1.165) is 0 Å². The molecule has 0 bridgehead atoms. The van der Waals surface area contributed by atoms with E-state index in [1.165, 1.54) is 17.8 Å². The zero-order valence-electron chi connectivity index (χ0n) is 14.6. The number of rotatable bonds is 9. The van der Waals surface area contributed by atoms with Crippen molar-refractivity contribution in [2.45, 2.75) is 23.0 Å². The number of carbonyl (C=O) groups is 1. The van der Waals surface area contributed by atoms with E-state index in [-0.39, 0.29) is 33.3 Å². The van der Waals surface area contributed by atoms with Gasteiger partial charge in [0.1, 0.15) is 0 Å². The Kier molecular flexibility index (Phi) is 8.70. The van der Waals surface area contributed by atoms with Crippen molar-refractivity contribution in [3.8, 4) is 0 Å². The molecule has 0 radical (unpaired) electrons. The molecular weight excluding hydrogens is 457 g/mol. The van der Waals surface area contributed by atoms with Crippen LogP contribution in [0.2, 0.25) is 15.1 Å². The van der Waals surface area contributed by atoms with Crippen molar-refractivity contribution in [1.82, 2.24) is 4.90 Å². The van der Waals surface area contributed by atoms with Crippen molar-refractivity contribution in [1.29, 1.82) is 0 Å². The highest BCUT2D eigenvalue weighted by Gasteiger charge is 2.31. The van der Waals surface area contributed by atoms with Crippen LogP contribution < -0.4 is 0 Å². The molecule has 152 valence electrons. The minimum absolute atomic E-state index is 0.0652. The molecule has 1 aromatic carbocycles. The Balaban J connectivity index is 1.78. The van der Waals surface area contributed by atoms with Gasteiger partial charge in [-0.05, 0) is 26.1 Å². The summed E-state index contributed by atoms with van der Waals surface area (Å²) >= 11 is 19.8.